The topological polar surface area (TPSA) is 56.8 Å². The number of likely N-dealkylation sites (N-methyl/N-ethyl adjacent to an activating group) is 2. The molecule has 0 spiro atoms. The van der Waals surface area contributed by atoms with Crippen LogP contribution in [0.4, 0.5) is 5.82 Å². The minimum atomic E-state index is -3.53. The van der Waals surface area contributed by atoms with Gasteiger partial charge in [0.2, 0.25) is 10.0 Å². The molecule has 6 nitrogen and oxygen atoms in total. The van der Waals surface area contributed by atoms with Crippen molar-refractivity contribution in [2.75, 3.05) is 32.1 Å². The van der Waals surface area contributed by atoms with Crippen molar-refractivity contribution in [1.29, 1.82) is 0 Å². The van der Waals surface area contributed by atoms with Crippen LogP contribution in [0.5, 0.6) is 0 Å². The molecule has 1 aromatic heterocycles. The lowest BCUT2D eigenvalue weighted by Crippen LogP contribution is -2.52. The number of aromatic nitrogens is 1. The number of sulfonamides is 1. The Morgan fingerprint density at radius 1 is 1.24 bits per heavy atom. The number of fused-ring (bicyclic) bond motifs is 2. The van der Waals surface area contributed by atoms with Crippen LogP contribution < -0.4 is 4.90 Å². The van der Waals surface area contributed by atoms with Crippen molar-refractivity contribution in [3.05, 3.63) is 18.3 Å². The van der Waals surface area contributed by atoms with Crippen molar-refractivity contribution in [2.24, 2.45) is 0 Å². The molecule has 0 amide bonds. The molecule has 21 heavy (non-hydrogen) atoms. The lowest BCUT2D eigenvalue weighted by atomic mass is 10.1. The van der Waals surface area contributed by atoms with E-state index in [0.717, 1.165) is 13.1 Å². The van der Waals surface area contributed by atoms with Gasteiger partial charge >= 0.3 is 0 Å². The summed E-state index contributed by atoms with van der Waals surface area (Å²) in [7, 11) is 0.454. The van der Waals surface area contributed by atoms with Crippen molar-refractivity contribution in [2.45, 2.75) is 36.9 Å². The zero-order valence-electron chi connectivity index (χ0n) is 12.9. The van der Waals surface area contributed by atoms with E-state index < -0.39 is 10.0 Å². The molecule has 0 aromatic carbocycles. The number of hydrogen-bond acceptors (Lipinski definition) is 5. The van der Waals surface area contributed by atoms with E-state index >= 15 is 0 Å². The van der Waals surface area contributed by atoms with Crippen LogP contribution in [-0.4, -0.2) is 67.9 Å². The number of anilines is 1. The number of nitrogens with zero attached hydrogens (tertiary/aromatic N) is 4. The second kappa shape index (κ2) is 4.93. The number of pyridine rings is 1. The molecule has 0 bridgehead atoms. The number of likely N-dealkylation sites (tertiary alicyclic amines) is 1. The monoisotopic (exact) mass is 310 g/mol. The second-order valence-electron chi connectivity index (χ2n) is 6.22. The smallest absolute Gasteiger partial charge is 0.247 e. The maximum absolute atomic E-state index is 13.1. The molecule has 1 fully saturated rings. The van der Waals surface area contributed by atoms with E-state index in [1.807, 2.05) is 32.8 Å². The molecular weight excluding hydrogens is 288 g/mol. The molecule has 7 heteroatoms. The van der Waals surface area contributed by atoms with Crippen LogP contribution in [-0.2, 0) is 10.0 Å². The van der Waals surface area contributed by atoms with E-state index in [2.05, 4.69) is 9.88 Å². The third kappa shape index (κ3) is 2.15. The first-order valence-corrected chi connectivity index (χ1v) is 8.68. The summed E-state index contributed by atoms with van der Waals surface area (Å²) < 4.78 is 27.9. The highest BCUT2D eigenvalue weighted by Crippen LogP contribution is 2.36. The molecule has 2 atom stereocenters. The Morgan fingerprint density at radius 2 is 1.90 bits per heavy atom. The van der Waals surface area contributed by atoms with E-state index in [4.69, 9.17) is 0 Å². The fraction of sp³-hybridized carbons (Fsp3) is 0.643. The van der Waals surface area contributed by atoms with E-state index in [-0.39, 0.29) is 18.1 Å². The van der Waals surface area contributed by atoms with Crippen LogP contribution >= 0.6 is 0 Å². The largest absolute Gasteiger partial charge is 0.353 e. The highest BCUT2D eigenvalue weighted by Gasteiger charge is 2.48. The van der Waals surface area contributed by atoms with Gasteiger partial charge in [-0.15, -0.1) is 0 Å². The summed E-state index contributed by atoms with van der Waals surface area (Å²) >= 11 is 0. The Balaban J connectivity index is 2.24. The van der Waals surface area contributed by atoms with Gasteiger partial charge < -0.3 is 9.80 Å². The molecule has 116 valence electrons. The maximum Gasteiger partial charge on any atom is 0.247 e. The summed E-state index contributed by atoms with van der Waals surface area (Å²) in [6.45, 7) is 5.47. The number of hydrogen-bond donors (Lipinski definition) is 0. The van der Waals surface area contributed by atoms with Gasteiger partial charge in [-0.1, -0.05) is 0 Å². The summed E-state index contributed by atoms with van der Waals surface area (Å²) in [5, 5.41) is 0. The Hall–Kier alpha value is -1.18. The molecule has 0 saturated carbocycles. The molecule has 3 rings (SSSR count). The van der Waals surface area contributed by atoms with Crippen LogP contribution in [0.3, 0.4) is 0 Å². The summed E-state index contributed by atoms with van der Waals surface area (Å²) in [5.41, 5.74) is 0. The molecular formula is C14H22N4O2S. The molecule has 2 aliphatic rings. The van der Waals surface area contributed by atoms with Gasteiger partial charge in [0.1, 0.15) is 10.7 Å². The first-order chi connectivity index (χ1) is 9.84. The average molecular weight is 310 g/mol. The zero-order chi connectivity index (χ0) is 15.4. The fourth-order valence-corrected chi connectivity index (χ4v) is 5.57. The molecule has 3 heterocycles. The minimum absolute atomic E-state index is 0.0424. The minimum Gasteiger partial charge on any atom is -0.353 e. The summed E-state index contributed by atoms with van der Waals surface area (Å²) in [6.07, 6.45) is 1.66. The van der Waals surface area contributed by atoms with Crippen molar-refractivity contribution in [1.82, 2.24) is 14.2 Å². The predicted octanol–water partition coefficient (Wildman–Crippen LogP) is 0.613. The maximum atomic E-state index is 13.1. The zero-order valence-corrected chi connectivity index (χ0v) is 13.7. The lowest BCUT2D eigenvalue weighted by Gasteiger charge is -2.34. The number of rotatable bonds is 1. The quantitative estimate of drug-likeness (QED) is 0.761. The second-order valence-corrected chi connectivity index (χ2v) is 8.03. The van der Waals surface area contributed by atoms with E-state index in [0.29, 0.717) is 10.7 Å². The Labute approximate surface area is 126 Å². The van der Waals surface area contributed by atoms with Gasteiger partial charge in [-0.2, -0.15) is 4.31 Å². The fourth-order valence-electron chi connectivity index (χ4n) is 3.55. The third-order valence-electron chi connectivity index (χ3n) is 4.42. The SMILES string of the molecule is CC(C)N1[C@@H]2CN(C)C[C@@H]2N(C)c2ncccc2S1(=O)=O. The van der Waals surface area contributed by atoms with Crippen LogP contribution in [0.2, 0.25) is 0 Å². The molecule has 0 unspecified atom stereocenters. The van der Waals surface area contributed by atoms with E-state index in [9.17, 15) is 8.42 Å². The van der Waals surface area contributed by atoms with Crippen molar-refractivity contribution < 1.29 is 8.42 Å². The van der Waals surface area contributed by atoms with Gasteiger partial charge in [-0.05, 0) is 33.0 Å². The third-order valence-corrected chi connectivity index (χ3v) is 6.54. The van der Waals surface area contributed by atoms with Crippen LogP contribution in [0.1, 0.15) is 13.8 Å². The summed E-state index contributed by atoms with van der Waals surface area (Å²) in [4.78, 5) is 8.87. The first-order valence-electron chi connectivity index (χ1n) is 7.24. The van der Waals surface area contributed by atoms with Gasteiger partial charge in [-0.3, -0.25) is 0 Å². The highest BCUT2D eigenvalue weighted by molar-refractivity contribution is 7.89. The molecule has 1 aromatic rings. The molecule has 2 aliphatic heterocycles. The van der Waals surface area contributed by atoms with Gasteiger partial charge in [0, 0.05) is 32.4 Å². The van der Waals surface area contributed by atoms with Gasteiger partial charge in [0.15, 0.2) is 0 Å². The van der Waals surface area contributed by atoms with Gasteiger partial charge in [0.05, 0.1) is 12.1 Å². The summed E-state index contributed by atoms with van der Waals surface area (Å²) in [6, 6.07) is 3.36. The molecule has 0 N–H and O–H groups in total. The predicted molar refractivity (Wildman–Crippen MR) is 81.9 cm³/mol. The van der Waals surface area contributed by atoms with Crippen molar-refractivity contribution >= 4 is 15.8 Å². The van der Waals surface area contributed by atoms with E-state index in [1.54, 1.807) is 22.6 Å². The van der Waals surface area contributed by atoms with Crippen LogP contribution in [0, 0.1) is 0 Å². The highest BCUT2D eigenvalue weighted by atomic mass is 32.2. The normalized spacial score (nSPS) is 29.3. The average Bonchev–Trinajstić information content (AvgIpc) is 2.76. The first kappa shape index (κ1) is 14.7. The van der Waals surface area contributed by atoms with Crippen molar-refractivity contribution in [3.8, 4) is 0 Å². The Kier molecular flexibility index (Phi) is 3.46. The van der Waals surface area contributed by atoms with Crippen LogP contribution in [0.15, 0.2) is 23.2 Å². The molecule has 1 saturated heterocycles. The Bertz CT molecular complexity index is 646. The van der Waals surface area contributed by atoms with E-state index in [1.165, 1.54) is 0 Å². The van der Waals surface area contributed by atoms with Crippen molar-refractivity contribution in [3.63, 3.8) is 0 Å². The van der Waals surface area contributed by atoms with Gasteiger partial charge in [0.25, 0.3) is 0 Å². The summed E-state index contributed by atoms with van der Waals surface area (Å²) in [5.74, 6) is 0.561. The van der Waals surface area contributed by atoms with Gasteiger partial charge in [-0.25, -0.2) is 13.4 Å². The standard InChI is InChI=1S/C14H22N4O2S/c1-10(2)18-12-9-16(3)8-11(12)17(4)14-13(21(18,19)20)6-5-7-15-14/h5-7,10-12H,8-9H2,1-4H3/t11-,12+/m0/s1. The molecule has 0 radical (unpaired) electrons. The Morgan fingerprint density at radius 3 is 2.57 bits per heavy atom. The molecule has 0 aliphatic carbocycles. The lowest BCUT2D eigenvalue weighted by molar-refractivity contribution is 0.261. The van der Waals surface area contributed by atoms with Crippen LogP contribution in [0.25, 0.3) is 0 Å².